The van der Waals surface area contributed by atoms with Crippen LogP contribution in [0.1, 0.15) is 10.7 Å². The van der Waals surface area contributed by atoms with Gasteiger partial charge in [0, 0.05) is 24.0 Å². The molecule has 3 N–H and O–H groups in total. The zero-order valence-electron chi connectivity index (χ0n) is 9.84. The Kier molecular flexibility index (Phi) is 2.95. The second kappa shape index (κ2) is 4.75. The van der Waals surface area contributed by atoms with Gasteiger partial charge in [0.1, 0.15) is 5.84 Å². The van der Waals surface area contributed by atoms with Gasteiger partial charge < -0.3 is 0 Å². The molecular formula is C10H13N7S. The normalized spacial score (nSPS) is 19.5. The maximum Gasteiger partial charge on any atom is 0.187 e. The summed E-state index contributed by atoms with van der Waals surface area (Å²) in [7, 11) is 0. The van der Waals surface area contributed by atoms with E-state index in [4.69, 9.17) is 0 Å². The summed E-state index contributed by atoms with van der Waals surface area (Å²) in [6.07, 6.45) is 4.65. The van der Waals surface area contributed by atoms with Gasteiger partial charge in [0.2, 0.25) is 0 Å². The third-order valence-corrected chi connectivity index (χ3v) is 3.48. The number of hydrazone groups is 1. The molecule has 0 aromatic carbocycles. The fourth-order valence-electron chi connectivity index (χ4n) is 1.62. The van der Waals surface area contributed by atoms with Crippen LogP contribution in [0.5, 0.6) is 0 Å². The highest BCUT2D eigenvalue weighted by molar-refractivity contribution is 7.09. The predicted molar refractivity (Wildman–Crippen MR) is 70.7 cm³/mol. The van der Waals surface area contributed by atoms with Gasteiger partial charge in [-0.3, -0.25) is 10.4 Å². The number of fused-ring (bicyclic) bond motifs is 1. The second-order valence-electron chi connectivity index (χ2n) is 3.87. The summed E-state index contributed by atoms with van der Waals surface area (Å²) in [4.78, 5) is 8.87. The minimum absolute atomic E-state index is 0.716. The first-order valence-corrected chi connectivity index (χ1v) is 6.48. The average Bonchev–Trinajstić information content (AvgIpc) is 2.97. The van der Waals surface area contributed by atoms with E-state index in [0.29, 0.717) is 6.54 Å². The lowest BCUT2D eigenvalue weighted by Crippen LogP contribution is -2.53. The maximum absolute atomic E-state index is 4.47. The summed E-state index contributed by atoms with van der Waals surface area (Å²) in [5.74, 6) is 1.59. The zero-order chi connectivity index (χ0) is 12.4. The van der Waals surface area contributed by atoms with Gasteiger partial charge in [-0.2, -0.15) is 5.12 Å². The van der Waals surface area contributed by atoms with Crippen LogP contribution < -0.4 is 16.5 Å². The molecule has 0 radical (unpaired) electrons. The van der Waals surface area contributed by atoms with E-state index >= 15 is 0 Å². The van der Waals surface area contributed by atoms with Gasteiger partial charge in [-0.05, 0) is 19.1 Å². The summed E-state index contributed by atoms with van der Waals surface area (Å²) in [5.41, 5.74) is 9.64. The summed E-state index contributed by atoms with van der Waals surface area (Å²) >= 11 is 1.68. The van der Waals surface area contributed by atoms with Crippen LogP contribution >= 0.6 is 11.3 Å². The summed E-state index contributed by atoms with van der Waals surface area (Å²) in [6, 6.07) is 0. The highest BCUT2D eigenvalue weighted by Crippen LogP contribution is 2.09. The summed E-state index contributed by atoms with van der Waals surface area (Å²) < 4.78 is 0. The molecule has 94 valence electrons. The number of thiazole rings is 1. The first-order chi connectivity index (χ1) is 8.81. The number of rotatable bonds is 3. The Morgan fingerprint density at radius 1 is 1.44 bits per heavy atom. The molecule has 18 heavy (non-hydrogen) atoms. The molecule has 0 bridgehead atoms. The molecule has 1 aromatic heterocycles. The minimum atomic E-state index is 0.716. The van der Waals surface area contributed by atoms with Crippen molar-refractivity contribution < 1.29 is 0 Å². The SMILES string of the molecule is Cc1csc(CCN=C2C=CC3=NNNN3N2)n1. The average molecular weight is 263 g/mol. The second-order valence-corrected chi connectivity index (χ2v) is 4.82. The molecule has 0 saturated carbocycles. The van der Waals surface area contributed by atoms with E-state index in [1.807, 2.05) is 19.1 Å². The van der Waals surface area contributed by atoms with Crippen LogP contribution in [-0.2, 0) is 6.42 Å². The number of hydrazine groups is 3. The molecule has 3 heterocycles. The number of aliphatic imine (C=N–C) groups is 1. The van der Waals surface area contributed by atoms with Gasteiger partial charge >= 0.3 is 0 Å². The van der Waals surface area contributed by atoms with E-state index in [1.54, 1.807) is 16.5 Å². The first-order valence-electron chi connectivity index (χ1n) is 5.60. The van der Waals surface area contributed by atoms with Gasteiger partial charge in [-0.1, -0.05) is 0 Å². The largest absolute Gasteiger partial charge is 0.267 e. The molecule has 1 aromatic rings. The van der Waals surface area contributed by atoms with Crippen molar-refractivity contribution >= 4 is 23.0 Å². The molecule has 0 saturated heterocycles. The lowest BCUT2D eigenvalue weighted by molar-refractivity contribution is 0.259. The van der Waals surface area contributed by atoms with Crippen molar-refractivity contribution in [3.8, 4) is 0 Å². The standard InChI is InChI=1S/C10H13N7S/c1-7-6-18-10(12-7)4-5-11-8-2-3-9-13-15-16-17(9)14-8/h2-3,6,15-16H,4-5H2,1H3,(H,11,14). The van der Waals surface area contributed by atoms with Crippen molar-refractivity contribution in [3.63, 3.8) is 0 Å². The van der Waals surface area contributed by atoms with E-state index in [9.17, 15) is 0 Å². The van der Waals surface area contributed by atoms with Crippen LogP contribution in [-0.4, -0.2) is 28.3 Å². The first kappa shape index (κ1) is 11.2. The predicted octanol–water partition coefficient (Wildman–Crippen LogP) is 0.105. The molecule has 2 aliphatic rings. The fourth-order valence-corrected chi connectivity index (χ4v) is 2.38. The Labute approximate surface area is 108 Å². The van der Waals surface area contributed by atoms with Crippen LogP contribution in [0.3, 0.4) is 0 Å². The van der Waals surface area contributed by atoms with Crippen molar-refractivity contribution in [2.75, 3.05) is 6.54 Å². The van der Waals surface area contributed by atoms with Crippen LogP contribution in [0.2, 0.25) is 0 Å². The van der Waals surface area contributed by atoms with E-state index in [2.05, 4.69) is 37.0 Å². The smallest absolute Gasteiger partial charge is 0.187 e. The van der Waals surface area contributed by atoms with Crippen molar-refractivity contribution in [3.05, 3.63) is 28.2 Å². The number of amidine groups is 2. The minimum Gasteiger partial charge on any atom is -0.267 e. The van der Waals surface area contributed by atoms with E-state index in [-0.39, 0.29) is 0 Å². The summed E-state index contributed by atoms with van der Waals surface area (Å²) in [5, 5.41) is 8.85. The Hall–Kier alpha value is -1.93. The number of hydrogen-bond donors (Lipinski definition) is 3. The van der Waals surface area contributed by atoms with Gasteiger partial charge in [-0.25, -0.2) is 10.5 Å². The van der Waals surface area contributed by atoms with Gasteiger partial charge in [-0.15, -0.1) is 22.0 Å². The number of aryl methyl sites for hydroxylation is 1. The Bertz CT molecular complexity index is 530. The topological polar surface area (TPSA) is 76.9 Å². The lowest BCUT2D eigenvalue weighted by Gasteiger charge is -2.22. The molecule has 0 atom stereocenters. The van der Waals surface area contributed by atoms with Gasteiger partial charge in [0.05, 0.1) is 5.01 Å². The van der Waals surface area contributed by atoms with Crippen molar-refractivity contribution in [1.82, 2.24) is 26.6 Å². The van der Waals surface area contributed by atoms with Crippen molar-refractivity contribution in [1.29, 1.82) is 0 Å². The molecule has 7 nitrogen and oxygen atoms in total. The number of hydrogen-bond acceptors (Lipinski definition) is 7. The Morgan fingerprint density at radius 2 is 2.39 bits per heavy atom. The van der Waals surface area contributed by atoms with Crippen molar-refractivity contribution in [2.45, 2.75) is 13.3 Å². The zero-order valence-corrected chi connectivity index (χ0v) is 10.7. The van der Waals surface area contributed by atoms with Crippen LogP contribution in [0, 0.1) is 6.92 Å². The monoisotopic (exact) mass is 263 g/mol. The molecule has 0 amide bonds. The Morgan fingerprint density at radius 3 is 3.22 bits per heavy atom. The fraction of sp³-hybridized carbons (Fsp3) is 0.300. The molecule has 8 heteroatoms. The number of nitrogens with one attached hydrogen (secondary N) is 3. The number of aromatic nitrogens is 1. The van der Waals surface area contributed by atoms with E-state index in [1.165, 1.54) is 0 Å². The third-order valence-electron chi connectivity index (χ3n) is 2.45. The van der Waals surface area contributed by atoms with Gasteiger partial charge in [0.15, 0.2) is 5.84 Å². The van der Waals surface area contributed by atoms with E-state index < -0.39 is 0 Å². The maximum atomic E-state index is 4.47. The summed E-state index contributed by atoms with van der Waals surface area (Å²) in [6.45, 7) is 2.72. The van der Waals surface area contributed by atoms with Crippen LogP contribution in [0.4, 0.5) is 0 Å². The molecule has 0 unspecified atom stereocenters. The van der Waals surface area contributed by atoms with Gasteiger partial charge in [0.25, 0.3) is 0 Å². The number of nitrogens with zero attached hydrogens (tertiary/aromatic N) is 4. The van der Waals surface area contributed by atoms with E-state index in [0.717, 1.165) is 28.8 Å². The van der Waals surface area contributed by atoms with Crippen molar-refractivity contribution in [2.24, 2.45) is 10.1 Å². The molecule has 2 aliphatic heterocycles. The lowest BCUT2D eigenvalue weighted by atomic mass is 10.4. The molecule has 0 spiro atoms. The molecule has 3 rings (SSSR count). The molecule has 0 fully saturated rings. The Balaban J connectivity index is 1.57. The molecular weight excluding hydrogens is 250 g/mol. The van der Waals surface area contributed by atoms with Crippen LogP contribution in [0.15, 0.2) is 27.6 Å². The third kappa shape index (κ3) is 2.34. The van der Waals surface area contributed by atoms with Crippen LogP contribution in [0.25, 0.3) is 0 Å². The highest BCUT2D eigenvalue weighted by Gasteiger charge is 2.18. The molecule has 0 aliphatic carbocycles. The quantitative estimate of drug-likeness (QED) is 0.721. The highest BCUT2D eigenvalue weighted by atomic mass is 32.1.